The molecule has 3 N–H and O–H groups in total. The van der Waals surface area contributed by atoms with Crippen LogP contribution in [0.3, 0.4) is 0 Å². The number of nitrogen functional groups attached to an aromatic ring is 1. The highest BCUT2D eigenvalue weighted by Gasteiger charge is 2.19. The molecule has 0 spiro atoms. The Morgan fingerprint density at radius 3 is 2.88 bits per heavy atom. The molecular weight excluding hydrogens is 242 g/mol. The summed E-state index contributed by atoms with van der Waals surface area (Å²) in [6, 6.07) is 1.23. The fraction of sp³-hybridized carbons (Fsp3) is 0.500. The van der Waals surface area contributed by atoms with Gasteiger partial charge in [-0.15, -0.1) is 0 Å². The third-order valence-electron chi connectivity index (χ3n) is 2.22. The van der Waals surface area contributed by atoms with Crippen molar-refractivity contribution in [2.75, 3.05) is 19.5 Å². The lowest BCUT2D eigenvalue weighted by Gasteiger charge is -2.14. The molecule has 1 atom stereocenters. The Bertz CT molecular complexity index is 462. The summed E-state index contributed by atoms with van der Waals surface area (Å²) in [6.07, 6.45) is 3.28. The quantitative estimate of drug-likeness (QED) is 0.769. The molecule has 0 amide bonds. The molecule has 1 aromatic rings. The van der Waals surface area contributed by atoms with Crippen molar-refractivity contribution in [1.82, 2.24) is 9.71 Å². The summed E-state index contributed by atoms with van der Waals surface area (Å²) in [4.78, 5) is 3.76. The van der Waals surface area contributed by atoms with Gasteiger partial charge in [0.05, 0.1) is 5.69 Å². The average molecular weight is 259 g/mol. The Labute approximate surface area is 101 Å². The number of methoxy groups -OCH3 is 1. The van der Waals surface area contributed by atoms with Crippen LogP contribution >= 0.6 is 0 Å². The average Bonchev–Trinajstić information content (AvgIpc) is 2.26. The van der Waals surface area contributed by atoms with E-state index in [9.17, 15) is 8.42 Å². The fourth-order valence-electron chi connectivity index (χ4n) is 1.30. The molecule has 0 saturated carbocycles. The maximum absolute atomic E-state index is 12.0. The summed E-state index contributed by atoms with van der Waals surface area (Å²) in [7, 11) is -2.04. The third kappa shape index (κ3) is 3.95. The molecule has 6 nitrogen and oxygen atoms in total. The van der Waals surface area contributed by atoms with Crippen molar-refractivity contribution in [2.24, 2.45) is 0 Å². The Morgan fingerprint density at radius 1 is 1.59 bits per heavy atom. The number of sulfonamides is 1. The van der Waals surface area contributed by atoms with E-state index in [2.05, 4.69) is 9.71 Å². The number of ether oxygens (including phenoxy) is 1. The van der Waals surface area contributed by atoms with E-state index in [4.69, 9.17) is 10.5 Å². The van der Waals surface area contributed by atoms with Gasteiger partial charge >= 0.3 is 0 Å². The molecule has 1 aromatic heterocycles. The summed E-state index contributed by atoms with van der Waals surface area (Å²) in [6.45, 7) is 2.26. The Balaban J connectivity index is 2.79. The second-order valence-electron chi connectivity index (χ2n) is 3.72. The van der Waals surface area contributed by atoms with Crippen LogP contribution in [0, 0.1) is 0 Å². The molecule has 0 aromatic carbocycles. The summed E-state index contributed by atoms with van der Waals surface area (Å²) < 4.78 is 31.3. The van der Waals surface area contributed by atoms with Crippen molar-refractivity contribution < 1.29 is 13.2 Å². The maximum Gasteiger partial charge on any atom is 0.244 e. The third-order valence-corrected chi connectivity index (χ3v) is 3.85. The highest BCUT2D eigenvalue weighted by atomic mass is 32.2. The predicted octanol–water partition coefficient (Wildman–Crippen LogP) is 0.367. The number of nitrogens with two attached hydrogens (primary N) is 1. The van der Waals surface area contributed by atoms with Crippen molar-refractivity contribution in [3.63, 3.8) is 0 Å². The van der Waals surface area contributed by atoms with E-state index in [1.54, 1.807) is 14.0 Å². The van der Waals surface area contributed by atoms with Crippen molar-refractivity contribution in [3.8, 4) is 0 Å². The number of pyridine rings is 1. The minimum absolute atomic E-state index is 0.00395. The van der Waals surface area contributed by atoms with Gasteiger partial charge in [0, 0.05) is 32.2 Å². The van der Waals surface area contributed by atoms with Crippen LogP contribution in [0.15, 0.2) is 23.4 Å². The molecule has 0 radical (unpaired) electrons. The zero-order valence-corrected chi connectivity index (χ0v) is 10.7. The Hall–Kier alpha value is -1.18. The van der Waals surface area contributed by atoms with E-state index < -0.39 is 10.0 Å². The second kappa shape index (κ2) is 5.95. The van der Waals surface area contributed by atoms with Crippen LogP contribution in [0.5, 0.6) is 0 Å². The summed E-state index contributed by atoms with van der Waals surface area (Å²) in [5, 5.41) is 0. The summed E-state index contributed by atoms with van der Waals surface area (Å²) in [5.74, 6) is 0. The zero-order chi connectivity index (χ0) is 12.9. The van der Waals surface area contributed by atoms with Crippen LogP contribution in [0.1, 0.15) is 13.3 Å². The van der Waals surface area contributed by atoms with E-state index in [0.717, 1.165) is 0 Å². The number of rotatable bonds is 6. The Morgan fingerprint density at radius 2 is 2.29 bits per heavy atom. The lowest BCUT2D eigenvalue weighted by molar-refractivity contribution is 0.188. The maximum atomic E-state index is 12.0. The number of hydrogen-bond acceptors (Lipinski definition) is 5. The standard InChI is InChI=1S/C10H17N3O3S/c1-8(4-6-16-2)13-17(14,15)10-7-12-5-3-9(10)11/h3,5,7-8,13H,4,6H2,1-2H3,(H2,11,12). The number of anilines is 1. The molecule has 0 aliphatic heterocycles. The van der Waals surface area contributed by atoms with Gasteiger partial charge in [0.1, 0.15) is 4.90 Å². The van der Waals surface area contributed by atoms with Gasteiger partial charge in [0.2, 0.25) is 10.0 Å². The lowest BCUT2D eigenvalue weighted by Crippen LogP contribution is -2.33. The minimum atomic E-state index is -3.61. The molecule has 7 heteroatoms. The van der Waals surface area contributed by atoms with Crippen LogP contribution < -0.4 is 10.5 Å². The molecule has 96 valence electrons. The first-order valence-electron chi connectivity index (χ1n) is 5.18. The molecule has 0 fully saturated rings. The molecule has 1 unspecified atom stereocenters. The predicted molar refractivity (Wildman–Crippen MR) is 64.9 cm³/mol. The van der Waals surface area contributed by atoms with Gasteiger partial charge in [-0.05, 0) is 19.4 Å². The summed E-state index contributed by atoms with van der Waals surface area (Å²) >= 11 is 0. The molecule has 0 bridgehead atoms. The topological polar surface area (TPSA) is 94.3 Å². The van der Waals surface area contributed by atoms with Gasteiger partial charge in [-0.3, -0.25) is 4.98 Å². The van der Waals surface area contributed by atoms with E-state index in [0.29, 0.717) is 13.0 Å². The molecular formula is C10H17N3O3S. The summed E-state index contributed by atoms with van der Waals surface area (Å²) in [5.41, 5.74) is 5.79. The highest BCUT2D eigenvalue weighted by Crippen LogP contribution is 2.16. The van der Waals surface area contributed by atoms with Crippen molar-refractivity contribution in [1.29, 1.82) is 0 Å². The zero-order valence-electron chi connectivity index (χ0n) is 9.88. The van der Waals surface area contributed by atoms with Crippen LogP contribution in [0.4, 0.5) is 5.69 Å². The molecule has 17 heavy (non-hydrogen) atoms. The van der Waals surface area contributed by atoms with Gasteiger partial charge < -0.3 is 10.5 Å². The SMILES string of the molecule is COCCC(C)NS(=O)(=O)c1cnccc1N. The number of hydrogen-bond donors (Lipinski definition) is 2. The smallest absolute Gasteiger partial charge is 0.244 e. The normalized spacial score (nSPS) is 13.5. The second-order valence-corrected chi connectivity index (χ2v) is 5.40. The van der Waals surface area contributed by atoms with Crippen molar-refractivity contribution in [2.45, 2.75) is 24.3 Å². The fourth-order valence-corrected chi connectivity index (χ4v) is 2.65. The first-order chi connectivity index (χ1) is 7.97. The molecule has 0 saturated heterocycles. The van der Waals surface area contributed by atoms with Gasteiger partial charge in [-0.25, -0.2) is 13.1 Å². The first-order valence-corrected chi connectivity index (χ1v) is 6.66. The van der Waals surface area contributed by atoms with E-state index in [-0.39, 0.29) is 16.6 Å². The minimum Gasteiger partial charge on any atom is -0.398 e. The highest BCUT2D eigenvalue weighted by molar-refractivity contribution is 7.89. The van der Waals surface area contributed by atoms with Gasteiger partial charge in [0.15, 0.2) is 0 Å². The first kappa shape index (κ1) is 13.9. The van der Waals surface area contributed by atoms with E-state index in [1.807, 2.05) is 0 Å². The van der Waals surface area contributed by atoms with Crippen molar-refractivity contribution >= 4 is 15.7 Å². The molecule has 0 aliphatic rings. The van der Waals surface area contributed by atoms with Crippen LogP contribution in [0.2, 0.25) is 0 Å². The van der Waals surface area contributed by atoms with Crippen molar-refractivity contribution in [3.05, 3.63) is 18.5 Å². The van der Waals surface area contributed by atoms with E-state index in [1.165, 1.54) is 18.5 Å². The van der Waals surface area contributed by atoms with Crippen LogP contribution in [-0.2, 0) is 14.8 Å². The molecule has 1 heterocycles. The molecule has 1 rings (SSSR count). The largest absolute Gasteiger partial charge is 0.398 e. The van der Waals surface area contributed by atoms with Gasteiger partial charge in [-0.2, -0.15) is 0 Å². The van der Waals surface area contributed by atoms with Crippen LogP contribution in [-0.4, -0.2) is 33.2 Å². The Kier molecular flexibility index (Phi) is 4.86. The van der Waals surface area contributed by atoms with E-state index >= 15 is 0 Å². The monoisotopic (exact) mass is 259 g/mol. The van der Waals surface area contributed by atoms with Gasteiger partial charge in [0.25, 0.3) is 0 Å². The van der Waals surface area contributed by atoms with Gasteiger partial charge in [-0.1, -0.05) is 0 Å². The lowest BCUT2D eigenvalue weighted by atomic mass is 10.3. The van der Waals surface area contributed by atoms with Crippen LogP contribution in [0.25, 0.3) is 0 Å². The number of nitrogens with one attached hydrogen (secondary N) is 1. The number of aromatic nitrogens is 1. The molecule has 0 aliphatic carbocycles. The number of nitrogens with zero attached hydrogens (tertiary/aromatic N) is 1.